The lowest BCUT2D eigenvalue weighted by atomic mass is 9.89. The predicted octanol–water partition coefficient (Wildman–Crippen LogP) is 2.31. The van der Waals surface area contributed by atoms with Gasteiger partial charge in [-0.3, -0.25) is 9.69 Å². The molecule has 4 heteroatoms. The van der Waals surface area contributed by atoms with Gasteiger partial charge >= 0.3 is 0 Å². The average Bonchev–Trinajstić information content (AvgIpc) is 2.47. The van der Waals surface area contributed by atoms with Crippen LogP contribution in [0.2, 0.25) is 0 Å². The largest absolute Gasteiger partial charge is 0.352 e. The second-order valence-corrected chi connectivity index (χ2v) is 5.16. The molecule has 0 spiro atoms. The summed E-state index contributed by atoms with van der Waals surface area (Å²) >= 11 is 0. The van der Waals surface area contributed by atoms with Crippen molar-refractivity contribution in [2.45, 2.75) is 18.8 Å². The molecule has 0 aliphatic carbocycles. The lowest BCUT2D eigenvalue weighted by Crippen LogP contribution is -2.41. The molecule has 1 N–H and O–H groups in total. The molecule has 3 nitrogen and oxygen atoms in total. The highest BCUT2D eigenvalue weighted by atomic mass is 19.1. The molecule has 0 unspecified atom stereocenters. The molecule has 0 saturated carbocycles. The van der Waals surface area contributed by atoms with Crippen LogP contribution in [0.25, 0.3) is 0 Å². The van der Waals surface area contributed by atoms with E-state index >= 15 is 0 Å². The van der Waals surface area contributed by atoms with Gasteiger partial charge in [0.15, 0.2) is 0 Å². The zero-order valence-electron chi connectivity index (χ0n) is 11.6. The first-order chi connectivity index (χ1) is 9.70. The molecular formula is C16H21FN2O. The Kier molecular flexibility index (Phi) is 5.30. The number of likely N-dealkylation sites (tertiary alicyclic amines) is 1. The Balaban J connectivity index is 1.82. The Bertz CT molecular complexity index is 467. The minimum Gasteiger partial charge on any atom is -0.352 e. The van der Waals surface area contributed by atoms with Crippen LogP contribution in [-0.4, -0.2) is 37.0 Å². The van der Waals surface area contributed by atoms with Gasteiger partial charge in [-0.1, -0.05) is 24.3 Å². The summed E-state index contributed by atoms with van der Waals surface area (Å²) < 4.78 is 13.7. The van der Waals surface area contributed by atoms with Crippen LogP contribution in [0.1, 0.15) is 24.3 Å². The SMILES string of the molecule is C=CCNC(=O)CN1CCC(c2ccccc2F)CC1. The van der Waals surface area contributed by atoms with E-state index < -0.39 is 0 Å². The second-order valence-electron chi connectivity index (χ2n) is 5.16. The zero-order valence-corrected chi connectivity index (χ0v) is 11.6. The highest BCUT2D eigenvalue weighted by Gasteiger charge is 2.23. The van der Waals surface area contributed by atoms with Crippen molar-refractivity contribution in [2.24, 2.45) is 0 Å². The first kappa shape index (κ1) is 14.7. The molecule has 1 aliphatic rings. The number of rotatable bonds is 5. The van der Waals surface area contributed by atoms with Crippen LogP contribution < -0.4 is 5.32 Å². The molecule has 0 atom stereocenters. The van der Waals surface area contributed by atoms with E-state index in [4.69, 9.17) is 0 Å². The first-order valence-corrected chi connectivity index (χ1v) is 7.05. The predicted molar refractivity (Wildman–Crippen MR) is 78.0 cm³/mol. The Morgan fingerprint density at radius 3 is 2.75 bits per heavy atom. The third-order valence-corrected chi connectivity index (χ3v) is 3.74. The molecule has 1 aliphatic heterocycles. The van der Waals surface area contributed by atoms with Crippen LogP contribution in [0, 0.1) is 5.82 Å². The Labute approximate surface area is 119 Å². The average molecular weight is 276 g/mol. The maximum absolute atomic E-state index is 13.7. The van der Waals surface area contributed by atoms with Gasteiger partial charge in [-0.2, -0.15) is 0 Å². The summed E-state index contributed by atoms with van der Waals surface area (Å²) in [6.45, 7) is 6.15. The molecule has 0 radical (unpaired) electrons. The topological polar surface area (TPSA) is 32.3 Å². The number of carbonyl (C=O) groups is 1. The lowest BCUT2D eigenvalue weighted by Gasteiger charge is -2.31. The summed E-state index contributed by atoms with van der Waals surface area (Å²) in [5.74, 6) is 0.174. The van der Waals surface area contributed by atoms with E-state index in [0.29, 0.717) is 13.1 Å². The fourth-order valence-electron chi connectivity index (χ4n) is 2.65. The number of hydrogen-bond acceptors (Lipinski definition) is 2. The van der Waals surface area contributed by atoms with Crippen LogP contribution >= 0.6 is 0 Å². The molecule has 108 valence electrons. The zero-order chi connectivity index (χ0) is 14.4. The monoisotopic (exact) mass is 276 g/mol. The van der Waals surface area contributed by atoms with Gasteiger partial charge < -0.3 is 5.32 Å². The van der Waals surface area contributed by atoms with Crippen LogP contribution in [0.15, 0.2) is 36.9 Å². The van der Waals surface area contributed by atoms with E-state index in [1.54, 1.807) is 12.1 Å². The van der Waals surface area contributed by atoms with Crippen molar-refractivity contribution in [1.82, 2.24) is 10.2 Å². The first-order valence-electron chi connectivity index (χ1n) is 7.05. The minimum atomic E-state index is -0.116. The molecule has 0 aromatic heterocycles. The number of benzene rings is 1. The Morgan fingerprint density at radius 2 is 2.10 bits per heavy atom. The molecule has 1 fully saturated rings. The number of nitrogens with zero attached hydrogens (tertiary/aromatic N) is 1. The highest BCUT2D eigenvalue weighted by Crippen LogP contribution is 2.29. The fourth-order valence-corrected chi connectivity index (χ4v) is 2.65. The van der Waals surface area contributed by atoms with E-state index in [1.807, 2.05) is 12.1 Å². The van der Waals surface area contributed by atoms with Crippen molar-refractivity contribution in [3.8, 4) is 0 Å². The van der Waals surface area contributed by atoms with Gasteiger partial charge in [-0.15, -0.1) is 6.58 Å². The molecule has 20 heavy (non-hydrogen) atoms. The van der Waals surface area contributed by atoms with Crippen molar-refractivity contribution < 1.29 is 9.18 Å². The number of halogens is 1. The molecule has 2 rings (SSSR count). The molecular weight excluding hydrogens is 255 g/mol. The molecule has 0 bridgehead atoms. The van der Waals surface area contributed by atoms with Crippen LogP contribution in [0.3, 0.4) is 0 Å². The third-order valence-electron chi connectivity index (χ3n) is 3.74. The molecule has 1 aromatic rings. The van der Waals surface area contributed by atoms with Gasteiger partial charge in [-0.25, -0.2) is 4.39 Å². The minimum absolute atomic E-state index is 0.0224. The third kappa shape index (κ3) is 3.90. The van der Waals surface area contributed by atoms with Crippen molar-refractivity contribution in [2.75, 3.05) is 26.2 Å². The smallest absolute Gasteiger partial charge is 0.234 e. The molecule has 1 heterocycles. The van der Waals surface area contributed by atoms with E-state index in [2.05, 4.69) is 16.8 Å². The van der Waals surface area contributed by atoms with Crippen LogP contribution in [0.5, 0.6) is 0 Å². The number of hydrogen-bond donors (Lipinski definition) is 1. The van der Waals surface area contributed by atoms with Gasteiger partial charge in [0.1, 0.15) is 5.82 Å². The Hall–Kier alpha value is -1.68. The molecule has 1 aromatic carbocycles. The van der Waals surface area contributed by atoms with Gasteiger partial charge in [0.2, 0.25) is 5.91 Å². The maximum atomic E-state index is 13.7. The normalized spacial score (nSPS) is 16.9. The van der Waals surface area contributed by atoms with Crippen LogP contribution in [0.4, 0.5) is 4.39 Å². The fraction of sp³-hybridized carbons (Fsp3) is 0.438. The molecule has 1 saturated heterocycles. The lowest BCUT2D eigenvalue weighted by molar-refractivity contribution is -0.122. The van der Waals surface area contributed by atoms with E-state index in [-0.39, 0.29) is 17.6 Å². The van der Waals surface area contributed by atoms with E-state index in [0.717, 1.165) is 31.5 Å². The standard InChI is InChI=1S/C16H21FN2O/c1-2-9-18-16(20)12-19-10-7-13(8-11-19)14-5-3-4-6-15(14)17/h2-6,13H,1,7-12H2,(H,18,20). The number of nitrogens with one attached hydrogen (secondary N) is 1. The number of piperidine rings is 1. The van der Waals surface area contributed by atoms with Gasteiger partial charge in [0.05, 0.1) is 6.54 Å². The summed E-state index contributed by atoms with van der Waals surface area (Å²) in [5.41, 5.74) is 0.809. The quantitative estimate of drug-likeness (QED) is 0.837. The number of amides is 1. The van der Waals surface area contributed by atoms with Gasteiger partial charge in [0, 0.05) is 6.54 Å². The summed E-state index contributed by atoms with van der Waals surface area (Å²) in [5, 5.41) is 2.77. The van der Waals surface area contributed by atoms with E-state index in [1.165, 1.54) is 6.07 Å². The summed E-state index contributed by atoms with van der Waals surface area (Å²) in [6, 6.07) is 6.99. The van der Waals surface area contributed by atoms with Crippen molar-refractivity contribution in [3.05, 3.63) is 48.3 Å². The van der Waals surface area contributed by atoms with Gasteiger partial charge in [0.25, 0.3) is 0 Å². The summed E-state index contributed by atoms with van der Waals surface area (Å²) in [7, 11) is 0. The van der Waals surface area contributed by atoms with Crippen molar-refractivity contribution >= 4 is 5.91 Å². The summed E-state index contributed by atoms with van der Waals surface area (Å²) in [6.07, 6.45) is 3.47. The second kappa shape index (κ2) is 7.20. The Morgan fingerprint density at radius 1 is 1.40 bits per heavy atom. The maximum Gasteiger partial charge on any atom is 0.234 e. The van der Waals surface area contributed by atoms with Crippen molar-refractivity contribution in [1.29, 1.82) is 0 Å². The van der Waals surface area contributed by atoms with Gasteiger partial charge in [-0.05, 0) is 43.5 Å². The van der Waals surface area contributed by atoms with Crippen molar-refractivity contribution in [3.63, 3.8) is 0 Å². The van der Waals surface area contributed by atoms with E-state index in [9.17, 15) is 9.18 Å². The summed E-state index contributed by atoms with van der Waals surface area (Å²) in [4.78, 5) is 13.7. The number of carbonyl (C=O) groups excluding carboxylic acids is 1. The highest BCUT2D eigenvalue weighted by molar-refractivity contribution is 5.78. The van der Waals surface area contributed by atoms with Crippen LogP contribution in [-0.2, 0) is 4.79 Å². The molecule has 1 amide bonds.